The van der Waals surface area contributed by atoms with Crippen LogP contribution in [0.2, 0.25) is 4.47 Å². The number of alkyl halides is 3. The van der Waals surface area contributed by atoms with E-state index in [0.717, 1.165) is 0 Å². The average molecular weight is 292 g/mol. The summed E-state index contributed by atoms with van der Waals surface area (Å²) in [6.07, 6.45) is -4.69. The van der Waals surface area contributed by atoms with Crippen molar-refractivity contribution in [2.24, 2.45) is 0 Å². The number of carbonyl (C=O) groups is 1. The summed E-state index contributed by atoms with van der Waals surface area (Å²) in [5.74, 6) is -0.729. The highest BCUT2D eigenvalue weighted by atomic mass is 35.5. The van der Waals surface area contributed by atoms with Crippen LogP contribution in [0.1, 0.15) is 20.9 Å². The maximum atomic E-state index is 12.7. The van der Waals surface area contributed by atoms with E-state index in [9.17, 15) is 18.0 Å². The van der Waals surface area contributed by atoms with Gasteiger partial charge in [0.05, 0.1) is 0 Å². The number of aromatic nitrogens is 1. The van der Waals surface area contributed by atoms with E-state index < -0.39 is 22.5 Å². The van der Waals surface area contributed by atoms with Gasteiger partial charge >= 0.3 is 6.18 Å². The molecule has 1 heterocycles. The lowest BCUT2D eigenvalue weighted by atomic mass is 10.1. The Kier molecular flexibility index (Phi) is 3.41. The predicted molar refractivity (Wildman–Crippen MR) is 62.0 cm³/mol. The van der Waals surface area contributed by atoms with Crippen molar-refractivity contribution < 1.29 is 18.0 Å². The second kappa shape index (κ2) is 4.70. The third-order valence-electron chi connectivity index (χ3n) is 2.11. The molecule has 2 nitrogen and oxygen atoms in total. The summed E-state index contributed by atoms with van der Waals surface area (Å²) in [5, 5.41) is 0. The Morgan fingerprint density at radius 3 is 2.39 bits per heavy atom. The SMILES string of the molecule is O=C(c1ccccc1)c1sc(Cl)nc1C(F)(F)F. The molecule has 18 heavy (non-hydrogen) atoms. The van der Waals surface area contributed by atoms with Crippen LogP contribution < -0.4 is 0 Å². The van der Waals surface area contributed by atoms with Crippen LogP contribution in [-0.2, 0) is 6.18 Å². The quantitative estimate of drug-likeness (QED) is 0.782. The largest absolute Gasteiger partial charge is 0.434 e. The number of benzene rings is 1. The van der Waals surface area contributed by atoms with Crippen LogP contribution in [0, 0.1) is 0 Å². The zero-order valence-electron chi connectivity index (χ0n) is 8.66. The van der Waals surface area contributed by atoms with Gasteiger partial charge in [0.1, 0.15) is 4.88 Å². The van der Waals surface area contributed by atoms with Crippen LogP contribution in [0.5, 0.6) is 0 Å². The number of ketones is 1. The maximum Gasteiger partial charge on any atom is 0.434 e. The molecule has 2 rings (SSSR count). The molecule has 0 unspecified atom stereocenters. The van der Waals surface area contributed by atoms with Crippen molar-refractivity contribution in [3.8, 4) is 0 Å². The van der Waals surface area contributed by atoms with E-state index in [0.29, 0.717) is 11.3 Å². The Hall–Kier alpha value is -1.40. The molecule has 0 aliphatic heterocycles. The molecule has 0 bridgehead atoms. The maximum absolute atomic E-state index is 12.7. The number of thiazole rings is 1. The van der Waals surface area contributed by atoms with Crippen LogP contribution in [0.15, 0.2) is 30.3 Å². The van der Waals surface area contributed by atoms with Crippen molar-refractivity contribution in [2.45, 2.75) is 6.18 Å². The molecular weight excluding hydrogens is 287 g/mol. The minimum atomic E-state index is -4.69. The van der Waals surface area contributed by atoms with Crippen molar-refractivity contribution in [1.29, 1.82) is 0 Å². The Morgan fingerprint density at radius 2 is 1.83 bits per heavy atom. The molecule has 1 aromatic heterocycles. The molecule has 0 saturated heterocycles. The fourth-order valence-electron chi connectivity index (χ4n) is 1.36. The average Bonchev–Trinajstić information content (AvgIpc) is 2.71. The lowest BCUT2D eigenvalue weighted by Gasteiger charge is -2.05. The predicted octanol–water partition coefficient (Wildman–Crippen LogP) is 4.05. The zero-order valence-corrected chi connectivity index (χ0v) is 10.2. The van der Waals surface area contributed by atoms with E-state index in [1.54, 1.807) is 18.2 Å². The number of hydrogen-bond donors (Lipinski definition) is 0. The van der Waals surface area contributed by atoms with Gasteiger partial charge in [0.25, 0.3) is 0 Å². The Morgan fingerprint density at radius 1 is 1.22 bits per heavy atom. The number of carbonyl (C=O) groups excluding carboxylic acids is 1. The van der Waals surface area contributed by atoms with Gasteiger partial charge in [-0.2, -0.15) is 13.2 Å². The van der Waals surface area contributed by atoms with Gasteiger partial charge in [-0.05, 0) is 0 Å². The highest BCUT2D eigenvalue weighted by molar-refractivity contribution is 7.17. The van der Waals surface area contributed by atoms with Crippen molar-refractivity contribution >= 4 is 28.7 Å². The summed E-state index contributed by atoms with van der Waals surface area (Å²) in [7, 11) is 0. The first-order valence-corrected chi connectivity index (χ1v) is 5.92. The lowest BCUT2D eigenvalue weighted by Crippen LogP contribution is -2.12. The van der Waals surface area contributed by atoms with E-state index in [4.69, 9.17) is 11.6 Å². The molecule has 0 saturated carbocycles. The summed E-state index contributed by atoms with van der Waals surface area (Å²) < 4.78 is 37.7. The van der Waals surface area contributed by atoms with Crippen molar-refractivity contribution in [1.82, 2.24) is 4.98 Å². The lowest BCUT2D eigenvalue weighted by molar-refractivity contribution is -0.141. The number of hydrogen-bond acceptors (Lipinski definition) is 3. The number of halogens is 4. The topological polar surface area (TPSA) is 30.0 Å². The van der Waals surface area contributed by atoms with Crippen LogP contribution in [-0.4, -0.2) is 10.8 Å². The molecule has 1 aromatic carbocycles. The van der Waals surface area contributed by atoms with Crippen LogP contribution in [0.4, 0.5) is 13.2 Å². The minimum absolute atomic E-state index is 0.170. The van der Waals surface area contributed by atoms with Crippen molar-refractivity contribution in [2.75, 3.05) is 0 Å². The Bertz CT molecular complexity index is 580. The van der Waals surface area contributed by atoms with Gasteiger partial charge in [0, 0.05) is 5.56 Å². The van der Waals surface area contributed by atoms with E-state index in [1.165, 1.54) is 12.1 Å². The van der Waals surface area contributed by atoms with Crippen LogP contribution >= 0.6 is 22.9 Å². The Labute approximate surface area is 109 Å². The molecule has 7 heteroatoms. The van der Waals surface area contributed by atoms with Gasteiger partial charge < -0.3 is 0 Å². The third-order valence-corrected chi connectivity index (χ3v) is 3.27. The second-order valence-corrected chi connectivity index (χ2v) is 4.92. The smallest absolute Gasteiger partial charge is 0.288 e. The zero-order chi connectivity index (χ0) is 13.3. The number of nitrogens with zero attached hydrogens (tertiary/aromatic N) is 1. The summed E-state index contributed by atoms with van der Waals surface area (Å²) in [6.45, 7) is 0. The minimum Gasteiger partial charge on any atom is -0.288 e. The third kappa shape index (κ3) is 2.54. The van der Waals surface area contributed by atoms with Crippen molar-refractivity contribution in [3.63, 3.8) is 0 Å². The monoisotopic (exact) mass is 291 g/mol. The molecule has 2 aromatic rings. The molecule has 0 aliphatic carbocycles. The van der Waals surface area contributed by atoms with Gasteiger partial charge in [-0.3, -0.25) is 4.79 Å². The van der Waals surface area contributed by atoms with Gasteiger partial charge in [-0.15, -0.1) is 0 Å². The van der Waals surface area contributed by atoms with Gasteiger partial charge in [-0.1, -0.05) is 53.3 Å². The van der Waals surface area contributed by atoms with E-state index >= 15 is 0 Å². The van der Waals surface area contributed by atoms with Gasteiger partial charge in [0.2, 0.25) is 5.78 Å². The normalized spacial score (nSPS) is 11.6. The summed E-state index contributed by atoms with van der Waals surface area (Å²) >= 11 is 5.99. The first kappa shape index (κ1) is 13.0. The second-order valence-electron chi connectivity index (χ2n) is 3.34. The highest BCUT2D eigenvalue weighted by Crippen LogP contribution is 2.36. The molecule has 0 amide bonds. The fraction of sp³-hybridized carbons (Fsp3) is 0.0909. The van der Waals surface area contributed by atoms with Crippen molar-refractivity contribution in [3.05, 3.63) is 50.9 Å². The van der Waals surface area contributed by atoms with E-state index in [-0.39, 0.29) is 10.0 Å². The highest BCUT2D eigenvalue weighted by Gasteiger charge is 2.39. The van der Waals surface area contributed by atoms with Gasteiger partial charge in [-0.25, -0.2) is 4.98 Å². The van der Waals surface area contributed by atoms with Gasteiger partial charge in [0.15, 0.2) is 10.2 Å². The standard InChI is InChI=1S/C11H5ClF3NOS/c12-10-16-9(11(13,14)15)8(18-10)7(17)6-4-2-1-3-5-6/h1-5H. The van der Waals surface area contributed by atoms with E-state index in [2.05, 4.69) is 4.98 Å². The molecule has 0 N–H and O–H groups in total. The summed E-state index contributed by atoms with van der Waals surface area (Å²) in [6, 6.07) is 7.69. The van der Waals surface area contributed by atoms with E-state index in [1.807, 2.05) is 0 Å². The van der Waals surface area contributed by atoms with Crippen LogP contribution in [0.3, 0.4) is 0 Å². The molecule has 94 valence electrons. The first-order chi connectivity index (χ1) is 8.39. The summed E-state index contributed by atoms with van der Waals surface area (Å²) in [4.78, 5) is 14.6. The molecular formula is C11H5ClF3NOS. The molecule has 0 aliphatic rings. The molecule has 0 radical (unpaired) electrons. The molecule has 0 spiro atoms. The number of rotatable bonds is 2. The first-order valence-electron chi connectivity index (χ1n) is 4.73. The summed E-state index contributed by atoms with van der Waals surface area (Å²) in [5.41, 5.74) is -1.06. The van der Waals surface area contributed by atoms with Crippen LogP contribution in [0.25, 0.3) is 0 Å². The molecule has 0 fully saturated rings. The molecule has 0 atom stereocenters. The Balaban J connectivity index is 2.49. The fourth-order valence-corrected chi connectivity index (χ4v) is 2.45.